The van der Waals surface area contributed by atoms with Crippen LogP contribution in [0.2, 0.25) is 0 Å². The van der Waals surface area contributed by atoms with Gasteiger partial charge in [0.2, 0.25) is 0 Å². The molecule has 0 amide bonds. The van der Waals surface area contributed by atoms with Gasteiger partial charge in [-0.25, -0.2) is 4.98 Å². The van der Waals surface area contributed by atoms with Crippen LogP contribution in [0, 0.1) is 5.92 Å². The molecule has 0 bridgehead atoms. The molecule has 3 rings (SSSR count). The van der Waals surface area contributed by atoms with E-state index in [2.05, 4.69) is 34.6 Å². The molecule has 2 nitrogen and oxygen atoms in total. The summed E-state index contributed by atoms with van der Waals surface area (Å²) < 4.78 is 2.52. The van der Waals surface area contributed by atoms with E-state index in [1.807, 2.05) is 23.1 Å². The molecule has 90 valence electrons. The van der Waals surface area contributed by atoms with E-state index >= 15 is 0 Å². The Hall–Kier alpha value is -0.580. The second-order valence-corrected chi connectivity index (χ2v) is 6.77. The second kappa shape index (κ2) is 5.38. The highest BCUT2D eigenvalue weighted by Gasteiger charge is 2.14. The van der Waals surface area contributed by atoms with E-state index in [4.69, 9.17) is 0 Å². The second-order valence-electron chi connectivity index (χ2n) is 4.47. The molecule has 0 spiro atoms. The van der Waals surface area contributed by atoms with Gasteiger partial charge in [0, 0.05) is 5.75 Å². The lowest BCUT2D eigenvalue weighted by atomic mass is 10.0. The maximum absolute atomic E-state index is 4.66. The number of fused-ring (bicyclic) bond motifs is 1. The van der Waals surface area contributed by atoms with Crippen molar-refractivity contribution >= 4 is 33.3 Å². The number of thioether (sulfide) groups is 1. The topological polar surface area (TPSA) is 24.9 Å². The van der Waals surface area contributed by atoms with Gasteiger partial charge < -0.3 is 5.32 Å². The van der Waals surface area contributed by atoms with Crippen molar-refractivity contribution in [2.75, 3.05) is 18.8 Å². The van der Waals surface area contributed by atoms with Gasteiger partial charge in [-0.05, 0) is 44.0 Å². The van der Waals surface area contributed by atoms with Crippen molar-refractivity contribution in [3.8, 4) is 0 Å². The largest absolute Gasteiger partial charge is 0.316 e. The van der Waals surface area contributed by atoms with Crippen molar-refractivity contribution in [3.05, 3.63) is 24.3 Å². The molecule has 1 atom stereocenters. The predicted molar refractivity (Wildman–Crippen MR) is 75.9 cm³/mol. The van der Waals surface area contributed by atoms with Crippen LogP contribution in [0.3, 0.4) is 0 Å². The third kappa shape index (κ3) is 2.81. The number of aromatic nitrogens is 1. The van der Waals surface area contributed by atoms with E-state index in [1.165, 1.54) is 40.7 Å². The monoisotopic (exact) mass is 264 g/mol. The maximum Gasteiger partial charge on any atom is 0.151 e. The Morgan fingerprint density at radius 3 is 3.18 bits per heavy atom. The molecular weight excluding hydrogens is 248 g/mol. The van der Waals surface area contributed by atoms with Crippen molar-refractivity contribution in [1.29, 1.82) is 0 Å². The molecule has 1 aliphatic rings. The van der Waals surface area contributed by atoms with Crippen molar-refractivity contribution in [2.24, 2.45) is 5.92 Å². The molecule has 0 unspecified atom stereocenters. The highest BCUT2D eigenvalue weighted by molar-refractivity contribution is 8.01. The van der Waals surface area contributed by atoms with Gasteiger partial charge in [0.25, 0.3) is 0 Å². The fraction of sp³-hybridized carbons (Fsp3) is 0.462. The molecule has 0 aliphatic carbocycles. The van der Waals surface area contributed by atoms with E-state index in [1.54, 1.807) is 0 Å². The standard InChI is InChI=1S/C13H16N2S2/c1-2-6-12-11(5-1)15-13(17-12)16-9-10-4-3-7-14-8-10/h1-2,5-6,10,14H,3-4,7-9H2/t10-/m1/s1. The van der Waals surface area contributed by atoms with Gasteiger partial charge in [0.05, 0.1) is 10.2 Å². The molecule has 1 aromatic heterocycles. The molecule has 2 heterocycles. The number of nitrogens with zero attached hydrogens (tertiary/aromatic N) is 1. The quantitative estimate of drug-likeness (QED) is 0.860. The normalized spacial score (nSPS) is 20.8. The van der Waals surface area contributed by atoms with Crippen molar-refractivity contribution in [3.63, 3.8) is 0 Å². The lowest BCUT2D eigenvalue weighted by Crippen LogP contribution is -2.30. The van der Waals surface area contributed by atoms with Crippen LogP contribution < -0.4 is 5.32 Å². The summed E-state index contributed by atoms with van der Waals surface area (Å²) in [7, 11) is 0. The number of hydrogen-bond acceptors (Lipinski definition) is 4. The minimum Gasteiger partial charge on any atom is -0.316 e. The summed E-state index contributed by atoms with van der Waals surface area (Å²) in [6.45, 7) is 2.38. The molecule has 1 N–H and O–H groups in total. The number of nitrogens with one attached hydrogen (secondary N) is 1. The zero-order chi connectivity index (χ0) is 11.5. The summed E-state index contributed by atoms with van der Waals surface area (Å²) >= 11 is 3.74. The van der Waals surface area contributed by atoms with Gasteiger partial charge in [-0.3, -0.25) is 0 Å². The molecule has 4 heteroatoms. The smallest absolute Gasteiger partial charge is 0.151 e. The molecular formula is C13H16N2S2. The van der Waals surface area contributed by atoms with Gasteiger partial charge in [-0.15, -0.1) is 11.3 Å². The minimum absolute atomic E-state index is 0.820. The Kier molecular flexibility index (Phi) is 3.64. The van der Waals surface area contributed by atoms with E-state index in [-0.39, 0.29) is 0 Å². The van der Waals surface area contributed by atoms with Gasteiger partial charge in [0.15, 0.2) is 4.34 Å². The third-order valence-corrected chi connectivity index (χ3v) is 5.53. The van der Waals surface area contributed by atoms with Gasteiger partial charge in [0.1, 0.15) is 0 Å². The molecule has 17 heavy (non-hydrogen) atoms. The molecule has 1 fully saturated rings. The van der Waals surface area contributed by atoms with Gasteiger partial charge in [-0.1, -0.05) is 23.9 Å². The van der Waals surface area contributed by atoms with E-state index < -0.39 is 0 Å². The molecule has 1 saturated heterocycles. The van der Waals surface area contributed by atoms with Crippen LogP contribution in [0.1, 0.15) is 12.8 Å². The number of piperidine rings is 1. The fourth-order valence-corrected chi connectivity index (χ4v) is 4.40. The lowest BCUT2D eigenvalue weighted by molar-refractivity contribution is 0.410. The summed E-state index contributed by atoms with van der Waals surface area (Å²) in [4.78, 5) is 4.66. The highest BCUT2D eigenvalue weighted by atomic mass is 32.2. The minimum atomic E-state index is 0.820. The first kappa shape index (κ1) is 11.5. The molecule has 2 aromatic rings. The third-order valence-electron chi connectivity index (χ3n) is 3.12. The van der Waals surface area contributed by atoms with Crippen LogP contribution in [-0.4, -0.2) is 23.8 Å². The number of thiazole rings is 1. The van der Waals surface area contributed by atoms with E-state index in [0.29, 0.717) is 0 Å². The summed E-state index contributed by atoms with van der Waals surface area (Å²) in [5.74, 6) is 2.02. The average Bonchev–Trinajstić information content (AvgIpc) is 2.80. The van der Waals surface area contributed by atoms with Crippen LogP contribution in [0.15, 0.2) is 28.6 Å². The summed E-state index contributed by atoms with van der Waals surface area (Å²) in [6.07, 6.45) is 2.69. The van der Waals surface area contributed by atoms with Crippen LogP contribution in [0.25, 0.3) is 10.2 Å². The van der Waals surface area contributed by atoms with E-state index in [0.717, 1.165) is 11.4 Å². The maximum atomic E-state index is 4.66. The van der Waals surface area contributed by atoms with E-state index in [9.17, 15) is 0 Å². The Labute approximate surface area is 110 Å². The van der Waals surface area contributed by atoms with Crippen LogP contribution in [-0.2, 0) is 0 Å². The van der Waals surface area contributed by atoms with Crippen molar-refractivity contribution in [1.82, 2.24) is 10.3 Å². The number of benzene rings is 1. The van der Waals surface area contributed by atoms with Crippen LogP contribution in [0.5, 0.6) is 0 Å². The summed E-state index contributed by atoms with van der Waals surface area (Å²) in [6, 6.07) is 8.39. The zero-order valence-corrected chi connectivity index (χ0v) is 11.3. The summed E-state index contributed by atoms with van der Waals surface area (Å²) in [5.41, 5.74) is 1.14. The Morgan fingerprint density at radius 2 is 2.35 bits per heavy atom. The molecule has 1 aliphatic heterocycles. The molecule has 1 aromatic carbocycles. The van der Waals surface area contributed by atoms with Crippen molar-refractivity contribution < 1.29 is 0 Å². The Bertz CT molecular complexity index is 456. The summed E-state index contributed by atoms with van der Waals surface area (Å²) in [5, 5.41) is 3.47. The SMILES string of the molecule is c1ccc2sc(SC[C@@H]3CCCNC3)nc2c1. The first-order valence-electron chi connectivity index (χ1n) is 6.11. The van der Waals surface area contributed by atoms with Crippen LogP contribution >= 0.6 is 23.1 Å². The Balaban J connectivity index is 1.64. The number of hydrogen-bond donors (Lipinski definition) is 1. The average molecular weight is 264 g/mol. The molecule has 0 saturated carbocycles. The number of rotatable bonds is 3. The van der Waals surface area contributed by atoms with Crippen molar-refractivity contribution in [2.45, 2.75) is 17.2 Å². The van der Waals surface area contributed by atoms with Gasteiger partial charge >= 0.3 is 0 Å². The lowest BCUT2D eigenvalue weighted by Gasteiger charge is -2.21. The first-order chi connectivity index (χ1) is 8.42. The van der Waals surface area contributed by atoms with Gasteiger partial charge in [-0.2, -0.15) is 0 Å². The first-order valence-corrected chi connectivity index (χ1v) is 7.91. The number of para-hydroxylation sites is 1. The molecule has 0 radical (unpaired) electrons. The fourth-order valence-electron chi connectivity index (χ4n) is 2.17. The Morgan fingerprint density at radius 1 is 1.41 bits per heavy atom. The highest BCUT2D eigenvalue weighted by Crippen LogP contribution is 2.31. The zero-order valence-electron chi connectivity index (χ0n) is 9.69. The predicted octanol–water partition coefficient (Wildman–Crippen LogP) is 3.39. The van der Waals surface area contributed by atoms with Crippen LogP contribution in [0.4, 0.5) is 0 Å².